The largest absolute Gasteiger partial charge is 0.271 e. The van der Waals surface area contributed by atoms with Gasteiger partial charge >= 0.3 is 0 Å². The summed E-state index contributed by atoms with van der Waals surface area (Å²) in [6, 6.07) is 21.0. The molecule has 0 aromatic heterocycles. The smallest absolute Gasteiger partial charge is 0.259 e. The van der Waals surface area contributed by atoms with Crippen LogP contribution in [-0.4, -0.2) is 62.7 Å². The molecule has 0 spiro atoms. The van der Waals surface area contributed by atoms with Crippen LogP contribution in [-0.2, 0) is 24.8 Å². The molecule has 37 heavy (non-hydrogen) atoms. The summed E-state index contributed by atoms with van der Waals surface area (Å²) in [6.07, 6.45) is 0. The molecule has 3 aromatic carbocycles. The van der Waals surface area contributed by atoms with E-state index in [1.165, 1.54) is 24.3 Å². The maximum Gasteiger partial charge on any atom is 0.259 e. The maximum atomic E-state index is 13.4. The van der Waals surface area contributed by atoms with Crippen LogP contribution in [0.2, 0.25) is 5.02 Å². The van der Waals surface area contributed by atoms with Crippen molar-refractivity contribution in [1.29, 1.82) is 0 Å². The van der Waals surface area contributed by atoms with E-state index in [0.29, 0.717) is 16.3 Å². The van der Waals surface area contributed by atoms with Crippen molar-refractivity contribution in [2.75, 3.05) is 19.6 Å². The molecule has 0 saturated carbocycles. The van der Waals surface area contributed by atoms with Crippen molar-refractivity contribution in [2.45, 2.75) is 22.8 Å². The second kappa shape index (κ2) is 11.1. The van der Waals surface area contributed by atoms with Crippen molar-refractivity contribution < 1.29 is 21.6 Å². The van der Waals surface area contributed by atoms with Crippen LogP contribution in [0.3, 0.4) is 0 Å². The standard InChI is InChI=1S/C25H25ClN4O5S2/c1-19(20-12-14-21(26)15-13-20)27-28-25(31)24-18-29(36(32,33)22-8-4-2-5-9-22)16-17-30(24)37(34,35)23-10-6-3-7-11-23/h2-15,24H,16-18H2,1H3,(H,28,31)/b27-19-/t24-/m0/s1. The van der Waals surface area contributed by atoms with Crippen molar-refractivity contribution in [3.8, 4) is 0 Å². The van der Waals surface area contributed by atoms with Gasteiger partial charge in [0.25, 0.3) is 5.91 Å². The van der Waals surface area contributed by atoms with Crippen LogP contribution >= 0.6 is 11.6 Å². The van der Waals surface area contributed by atoms with Crippen molar-refractivity contribution in [3.63, 3.8) is 0 Å². The van der Waals surface area contributed by atoms with Crippen LogP contribution in [0, 0.1) is 0 Å². The van der Waals surface area contributed by atoms with Gasteiger partial charge in [-0.25, -0.2) is 22.3 Å². The minimum atomic E-state index is -4.10. The fourth-order valence-corrected chi connectivity index (χ4v) is 7.08. The number of piperazine rings is 1. The Morgan fingerprint density at radius 3 is 1.95 bits per heavy atom. The Labute approximate surface area is 221 Å². The summed E-state index contributed by atoms with van der Waals surface area (Å²) >= 11 is 5.92. The molecule has 12 heteroatoms. The summed E-state index contributed by atoms with van der Waals surface area (Å²) in [5.41, 5.74) is 3.59. The zero-order valence-corrected chi connectivity index (χ0v) is 22.2. The van der Waals surface area contributed by atoms with Crippen molar-refractivity contribution in [2.24, 2.45) is 5.10 Å². The highest BCUT2D eigenvalue weighted by Crippen LogP contribution is 2.25. The molecule has 1 heterocycles. The van der Waals surface area contributed by atoms with Gasteiger partial charge in [-0.05, 0) is 48.9 Å². The summed E-state index contributed by atoms with van der Waals surface area (Å²) in [6.45, 7) is 0.987. The van der Waals surface area contributed by atoms with E-state index in [9.17, 15) is 21.6 Å². The fourth-order valence-electron chi connectivity index (χ4n) is 3.90. The lowest BCUT2D eigenvalue weighted by Crippen LogP contribution is -2.60. The second-order valence-corrected chi connectivity index (χ2v) is 12.6. The van der Waals surface area contributed by atoms with Crippen molar-refractivity contribution >= 4 is 43.3 Å². The Morgan fingerprint density at radius 2 is 1.38 bits per heavy atom. The van der Waals surface area contributed by atoms with Gasteiger partial charge in [-0.2, -0.15) is 13.7 Å². The SMILES string of the molecule is C/C(=N/NC(=O)[C@@H]1CN(S(=O)(=O)c2ccccc2)CCN1S(=O)(=O)c1ccccc1)c1ccc(Cl)cc1. The van der Waals surface area contributed by atoms with Gasteiger partial charge in [-0.1, -0.05) is 60.1 Å². The number of sulfonamides is 2. The highest BCUT2D eigenvalue weighted by Gasteiger charge is 2.43. The third-order valence-corrected chi connectivity index (χ3v) is 9.98. The molecule has 1 aliphatic heterocycles. The highest BCUT2D eigenvalue weighted by atomic mass is 35.5. The first-order valence-corrected chi connectivity index (χ1v) is 14.6. The number of carbonyl (C=O) groups is 1. The van der Waals surface area contributed by atoms with Gasteiger partial charge in [0.05, 0.1) is 15.5 Å². The van der Waals surface area contributed by atoms with Gasteiger partial charge in [0.2, 0.25) is 20.0 Å². The number of carbonyl (C=O) groups excluding carboxylic acids is 1. The van der Waals surface area contributed by atoms with E-state index in [1.54, 1.807) is 67.6 Å². The zero-order chi connectivity index (χ0) is 26.6. The first-order valence-electron chi connectivity index (χ1n) is 11.3. The molecular weight excluding hydrogens is 536 g/mol. The van der Waals surface area contributed by atoms with Crippen molar-refractivity contribution in [3.05, 3.63) is 95.5 Å². The van der Waals surface area contributed by atoms with Gasteiger partial charge in [0, 0.05) is 24.7 Å². The minimum absolute atomic E-state index is 0.00742. The van der Waals surface area contributed by atoms with Gasteiger partial charge in [0.15, 0.2) is 0 Å². The average molecular weight is 561 g/mol. The van der Waals surface area contributed by atoms with Crippen LogP contribution in [0.15, 0.2) is 99.8 Å². The Morgan fingerprint density at radius 1 is 0.838 bits per heavy atom. The topological polar surface area (TPSA) is 116 Å². The van der Waals surface area contributed by atoms with Crippen LogP contribution in [0.1, 0.15) is 12.5 Å². The number of hydrogen-bond donors (Lipinski definition) is 1. The number of hydrogen-bond acceptors (Lipinski definition) is 6. The number of benzene rings is 3. The second-order valence-electron chi connectivity index (χ2n) is 8.30. The van der Waals surface area contributed by atoms with Gasteiger partial charge in [0.1, 0.15) is 6.04 Å². The lowest BCUT2D eigenvalue weighted by molar-refractivity contribution is -0.125. The average Bonchev–Trinajstić information content (AvgIpc) is 2.92. The van der Waals surface area contributed by atoms with Gasteiger partial charge < -0.3 is 0 Å². The molecule has 0 unspecified atom stereocenters. The number of halogens is 1. The van der Waals surface area contributed by atoms with E-state index >= 15 is 0 Å². The summed E-state index contributed by atoms with van der Waals surface area (Å²) in [5, 5.41) is 4.66. The molecule has 1 saturated heterocycles. The van der Waals surface area contributed by atoms with E-state index in [-0.39, 0.29) is 29.4 Å². The summed E-state index contributed by atoms with van der Waals surface area (Å²) in [4.78, 5) is 13.4. The third kappa shape index (κ3) is 5.91. The molecule has 1 amide bonds. The third-order valence-electron chi connectivity index (χ3n) is 5.92. The van der Waals surface area contributed by atoms with E-state index in [4.69, 9.17) is 11.6 Å². The molecule has 1 aliphatic rings. The Bertz CT molecular complexity index is 1500. The predicted molar refractivity (Wildman–Crippen MR) is 141 cm³/mol. The van der Waals surface area contributed by atoms with Gasteiger partial charge in [-0.3, -0.25) is 4.79 Å². The molecule has 0 bridgehead atoms. The normalized spacial score (nSPS) is 17.9. The Hall–Kier alpha value is -3.09. The number of hydrazone groups is 1. The Kier molecular flexibility index (Phi) is 8.10. The fraction of sp³-hybridized carbons (Fsp3) is 0.200. The molecule has 4 rings (SSSR count). The monoisotopic (exact) mass is 560 g/mol. The molecule has 194 valence electrons. The number of amides is 1. The van der Waals surface area contributed by atoms with E-state index in [0.717, 1.165) is 8.61 Å². The first kappa shape index (κ1) is 27.0. The molecule has 3 aromatic rings. The molecule has 0 aliphatic carbocycles. The van der Waals surface area contributed by atoms with Crippen LogP contribution in [0.4, 0.5) is 0 Å². The van der Waals surface area contributed by atoms with Crippen LogP contribution in [0.25, 0.3) is 0 Å². The molecule has 0 radical (unpaired) electrons. The van der Waals surface area contributed by atoms with Crippen LogP contribution < -0.4 is 5.43 Å². The molecular formula is C25H25ClN4O5S2. The number of rotatable bonds is 7. The van der Waals surface area contributed by atoms with Crippen molar-refractivity contribution in [1.82, 2.24) is 14.0 Å². The maximum absolute atomic E-state index is 13.4. The molecule has 1 fully saturated rings. The number of nitrogens with one attached hydrogen (secondary N) is 1. The van der Waals surface area contributed by atoms with E-state index in [1.807, 2.05) is 0 Å². The van der Waals surface area contributed by atoms with Gasteiger partial charge in [-0.15, -0.1) is 0 Å². The summed E-state index contributed by atoms with van der Waals surface area (Å²) in [5.74, 6) is -0.749. The lowest BCUT2D eigenvalue weighted by atomic mass is 10.1. The summed E-state index contributed by atoms with van der Waals surface area (Å²) < 4.78 is 55.5. The zero-order valence-electron chi connectivity index (χ0n) is 19.9. The highest BCUT2D eigenvalue weighted by molar-refractivity contribution is 7.89. The molecule has 1 atom stereocenters. The van der Waals surface area contributed by atoms with Crippen LogP contribution in [0.5, 0.6) is 0 Å². The predicted octanol–water partition coefficient (Wildman–Crippen LogP) is 2.94. The first-order chi connectivity index (χ1) is 17.6. The van der Waals surface area contributed by atoms with E-state index in [2.05, 4.69) is 10.5 Å². The molecule has 9 nitrogen and oxygen atoms in total. The quantitative estimate of drug-likeness (QED) is 0.352. The molecule has 1 N–H and O–H groups in total. The van der Waals surface area contributed by atoms with E-state index < -0.39 is 32.0 Å². The Balaban J connectivity index is 1.65. The minimum Gasteiger partial charge on any atom is -0.271 e. The number of nitrogens with zero attached hydrogens (tertiary/aromatic N) is 3. The lowest BCUT2D eigenvalue weighted by Gasteiger charge is -2.38. The summed E-state index contributed by atoms with van der Waals surface area (Å²) in [7, 11) is -8.05.